The maximum atomic E-state index is 5.56. The van der Waals surface area contributed by atoms with Gasteiger partial charge in [0.05, 0.1) is 12.7 Å². The first-order valence-electron chi connectivity index (χ1n) is 5.71. The Kier molecular flexibility index (Phi) is 10.9. The molecule has 0 aromatic carbocycles. The molecule has 0 saturated heterocycles. The molecule has 3 nitrogen and oxygen atoms in total. The maximum Gasteiger partial charge on any atom is 0.0780 e. The number of ether oxygens (including phenoxy) is 2. The van der Waals surface area contributed by atoms with Crippen molar-refractivity contribution in [2.75, 3.05) is 32.9 Å². The molecule has 0 aliphatic heterocycles. The third kappa shape index (κ3) is 9.96. The fourth-order valence-electron chi connectivity index (χ4n) is 1.12. The minimum Gasteiger partial charge on any atom is -0.379 e. The minimum atomic E-state index is 0.223. The highest BCUT2D eigenvalue weighted by Gasteiger charge is 2.00. The van der Waals surface area contributed by atoms with Crippen LogP contribution in [-0.4, -0.2) is 39.0 Å². The van der Waals surface area contributed by atoms with Crippen molar-refractivity contribution < 1.29 is 9.47 Å². The average molecular weight is 203 g/mol. The van der Waals surface area contributed by atoms with Crippen LogP contribution in [0.15, 0.2) is 0 Å². The van der Waals surface area contributed by atoms with Gasteiger partial charge in [0, 0.05) is 13.2 Å². The molecular formula is C11H25NO2. The molecule has 86 valence electrons. The van der Waals surface area contributed by atoms with Crippen molar-refractivity contribution in [3.63, 3.8) is 0 Å². The monoisotopic (exact) mass is 203 g/mol. The summed E-state index contributed by atoms with van der Waals surface area (Å²) in [6.07, 6.45) is 2.50. The lowest BCUT2D eigenvalue weighted by Gasteiger charge is -2.12. The third-order valence-corrected chi connectivity index (χ3v) is 1.88. The molecule has 0 radical (unpaired) electrons. The van der Waals surface area contributed by atoms with Crippen LogP contribution < -0.4 is 5.32 Å². The normalized spacial score (nSPS) is 13.1. The second-order valence-corrected chi connectivity index (χ2v) is 3.44. The summed E-state index contributed by atoms with van der Waals surface area (Å²) >= 11 is 0. The summed E-state index contributed by atoms with van der Waals surface area (Å²) in [4.78, 5) is 0. The van der Waals surface area contributed by atoms with Crippen molar-refractivity contribution in [3.8, 4) is 0 Å². The summed E-state index contributed by atoms with van der Waals surface area (Å²) in [5, 5.41) is 3.34. The predicted molar refractivity (Wildman–Crippen MR) is 59.7 cm³/mol. The molecule has 0 fully saturated rings. The van der Waals surface area contributed by atoms with Gasteiger partial charge in [-0.2, -0.15) is 0 Å². The molecule has 0 aromatic heterocycles. The first-order chi connectivity index (χ1) is 6.81. The van der Waals surface area contributed by atoms with Crippen LogP contribution in [0.4, 0.5) is 0 Å². The Labute approximate surface area is 88.2 Å². The zero-order chi connectivity index (χ0) is 10.6. The van der Waals surface area contributed by atoms with Crippen LogP contribution in [0, 0.1) is 0 Å². The standard InChI is InChI=1S/C11H25NO2/c1-4-7-12-8-6-9-14-11(3)10-13-5-2/h11-12H,4-10H2,1-3H3. The lowest BCUT2D eigenvalue weighted by Crippen LogP contribution is -2.21. The van der Waals surface area contributed by atoms with Crippen molar-refractivity contribution in [2.45, 2.75) is 39.7 Å². The van der Waals surface area contributed by atoms with E-state index >= 15 is 0 Å². The summed E-state index contributed by atoms with van der Waals surface area (Å²) in [7, 11) is 0. The molecule has 0 amide bonds. The van der Waals surface area contributed by atoms with E-state index in [4.69, 9.17) is 9.47 Å². The maximum absolute atomic E-state index is 5.56. The van der Waals surface area contributed by atoms with Gasteiger partial charge in [-0.1, -0.05) is 6.92 Å². The van der Waals surface area contributed by atoms with Crippen LogP contribution in [-0.2, 0) is 9.47 Å². The Morgan fingerprint density at radius 2 is 2.00 bits per heavy atom. The molecule has 0 aromatic rings. The molecule has 0 heterocycles. The van der Waals surface area contributed by atoms with Crippen molar-refractivity contribution in [1.29, 1.82) is 0 Å². The van der Waals surface area contributed by atoms with Gasteiger partial charge in [-0.15, -0.1) is 0 Å². The summed E-state index contributed by atoms with van der Waals surface area (Å²) in [5.74, 6) is 0. The van der Waals surface area contributed by atoms with Gasteiger partial charge in [-0.3, -0.25) is 0 Å². The topological polar surface area (TPSA) is 30.5 Å². The average Bonchev–Trinajstić information content (AvgIpc) is 2.20. The lowest BCUT2D eigenvalue weighted by molar-refractivity contribution is -0.00390. The number of hydrogen-bond acceptors (Lipinski definition) is 3. The quantitative estimate of drug-likeness (QED) is 0.549. The van der Waals surface area contributed by atoms with Crippen molar-refractivity contribution in [3.05, 3.63) is 0 Å². The molecule has 0 aliphatic carbocycles. The molecule has 1 unspecified atom stereocenters. The highest BCUT2D eigenvalue weighted by molar-refractivity contribution is 4.49. The van der Waals surface area contributed by atoms with Crippen molar-refractivity contribution >= 4 is 0 Å². The zero-order valence-electron chi connectivity index (χ0n) is 9.84. The molecule has 1 atom stereocenters. The fraction of sp³-hybridized carbons (Fsp3) is 1.00. The van der Waals surface area contributed by atoms with Gasteiger partial charge in [0.15, 0.2) is 0 Å². The first-order valence-corrected chi connectivity index (χ1v) is 5.71. The molecule has 3 heteroatoms. The molecule has 0 bridgehead atoms. The van der Waals surface area contributed by atoms with Gasteiger partial charge in [-0.05, 0) is 39.8 Å². The van der Waals surface area contributed by atoms with E-state index in [0.717, 1.165) is 32.7 Å². The van der Waals surface area contributed by atoms with E-state index in [1.165, 1.54) is 6.42 Å². The summed E-state index contributed by atoms with van der Waals surface area (Å²) < 4.78 is 10.8. The van der Waals surface area contributed by atoms with Gasteiger partial charge >= 0.3 is 0 Å². The van der Waals surface area contributed by atoms with E-state index < -0.39 is 0 Å². The van der Waals surface area contributed by atoms with E-state index in [9.17, 15) is 0 Å². The van der Waals surface area contributed by atoms with E-state index in [2.05, 4.69) is 19.2 Å². The first kappa shape index (κ1) is 13.9. The van der Waals surface area contributed by atoms with Crippen LogP contribution in [0.2, 0.25) is 0 Å². The Morgan fingerprint density at radius 1 is 1.21 bits per heavy atom. The second kappa shape index (κ2) is 11.0. The Hall–Kier alpha value is -0.120. The van der Waals surface area contributed by atoms with Crippen molar-refractivity contribution in [1.82, 2.24) is 5.32 Å². The molecular weight excluding hydrogens is 178 g/mol. The Bertz CT molecular complexity index is 109. The summed E-state index contributed by atoms with van der Waals surface area (Å²) in [6, 6.07) is 0. The largest absolute Gasteiger partial charge is 0.379 e. The molecule has 0 rings (SSSR count). The number of hydrogen-bond donors (Lipinski definition) is 1. The molecule has 0 aliphatic rings. The third-order valence-electron chi connectivity index (χ3n) is 1.88. The minimum absolute atomic E-state index is 0.223. The Balaban J connectivity index is 3.02. The van der Waals surface area contributed by atoms with Gasteiger partial charge in [0.1, 0.15) is 0 Å². The van der Waals surface area contributed by atoms with Crippen LogP contribution in [0.1, 0.15) is 33.6 Å². The van der Waals surface area contributed by atoms with Gasteiger partial charge in [-0.25, -0.2) is 0 Å². The Morgan fingerprint density at radius 3 is 2.64 bits per heavy atom. The molecule has 14 heavy (non-hydrogen) atoms. The number of rotatable bonds is 10. The van der Waals surface area contributed by atoms with Gasteiger partial charge < -0.3 is 14.8 Å². The molecule has 1 N–H and O–H groups in total. The van der Waals surface area contributed by atoms with Crippen LogP contribution in [0.3, 0.4) is 0 Å². The van der Waals surface area contributed by atoms with Crippen molar-refractivity contribution in [2.24, 2.45) is 0 Å². The zero-order valence-corrected chi connectivity index (χ0v) is 9.84. The fourth-order valence-corrected chi connectivity index (χ4v) is 1.12. The highest BCUT2D eigenvalue weighted by Crippen LogP contribution is 1.93. The van der Waals surface area contributed by atoms with E-state index in [-0.39, 0.29) is 6.10 Å². The van der Waals surface area contributed by atoms with E-state index in [1.54, 1.807) is 0 Å². The van der Waals surface area contributed by atoms with Crippen LogP contribution >= 0.6 is 0 Å². The summed E-state index contributed by atoms with van der Waals surface area (Å²) in [5.41, 5.74) is 0. The van der Waals surface area contributed by atoms with Crippen LogP contribution in [0.5, 0.6) is 0 Å². The molecule has 0 spiro atoms. The predicted octanol–water partition coefficient (Wildman–Crippen LogP) is 1.82. The number of nitrogens with one attached hydrogen (secondary N) is 1. The van der Waals surface area contributed by atoms with Crippen LogP contribution in [0.25, 0.3) is 0 Å². The van der Waals surface area contributed by atoms with E-state index in [1.807, 2.05) is 6.92 Å². The lowest BCUT2D eigenvalue weighted by atomic mass is 10.4. The molecule has 0 saturated carbocycles. The van der Waals surface area contributed by atoms with Gasteiger partial charge in [0.25, 0.3) is 0 Å². The van der Waals surface area contributed by atoms with Gasteiger partial charge in [0.2, 0.25) is 0 Å². The van der Waals surface area contributed by atoms with E-state index in [0.29, 0.717) is 6.61 Å². The summed E-state index contributed by atoms with van der Waals surface area (Å²) in [6.45, 7) is 10.7. The highest BCUT2D eigenvalue weighted by atomic mass is 16.5. The SMILES string of the molecule is CCCNCCCOC(C)COCC. The second-order valence-electron chi connectivity index (χ2n) is 3.44. The smallest absolute Gasteiger partial charge is 0.0780 e.